The highest BCUT2D eigenvalue weighted by atomic mass is 35.5. The van der Waals surface area contributed by atoms with E-state index in [1.165, 1.54) is 11.8 Å². The first-order valence-electron chi connectivity index (χ1n) is 5.69. The largest absolute Gasteiger partial charge is 0.493 e. The van der Waals surface area contributed by atoms with Gasteiger partial charge in [-0.3, -0.25) is 0 Å². The molecule has 0 aliphatic heterocycles. The fourth-order valence-electron chi connectivity index (χ4n) is 1.63. The average Bonchev–Trinajstić information content (AvgIpc) is 2.44. The molecule has 20 heavy (non-hydrogen) atoms. The van der Waals surface area contributed by atoms with E-state index in [2.05, 4.69) is 0 Å². The molecule has 0 saturated carbocycles. The van der Waals surface area contributed by atoms with Crippen LogP contribution in [0.2, 0.25) is 10.0 Å². The molecule has 0 spiro atoms. The third-order valence-electron chi connectivity index (χ3n) is 2.63. The lowest BCUT2D eigenvalue weighted by molar-refractivity contribution is 0.354. The van der Waals surface area contributed by atoms with Crippen LogP contribution in [-0.2, 0) is 0 Å². The molecule has 0 aliphatic rings. The summed E-state index contributed by atoms with van der Waals surface area (Å²) in [6.45, 7) is 0. The highest BCUT2D eigenvalue weighted by Gasteiger charge is 2.11. The van der Waals surface area contributed by atoms with Gasteiger partial charge < -0.3 is 15.2 Å². The molecule has 2 rings (SSSR count). The minimum Gasteiger partial charge on any atom is -0.493 e. The van der Waals surface area contributed by atoms with Crippen molar-refractivity contribution in [2.45, 2.75) is 9.79 Å². The van der Waals surface area contributed by atoms with Crippen LogP contribution in [0.25, 0.3) is 0 Å². The number of ether oxygens (including phenoxy) is 2. The van der Waals surface area contributed by atoms with Gasteiger partial charge in [0.15, 0.2) is 11.5 Å². The molecule has 0 aromatic heterocycles. The highest BCUT2D eigenvalue weighted by Crippen LogP contribution is 2.40. The maximum absolute atomic E-state index is 6.02. The van der Waals surface area contributed by atoms with Crippen molar-refractivity contribution >= 4 is 40.7 Å². The van der Waals surface area contributed by atoms with Crippen molar-refractivity contribution in [3.8, 4) is 11.5 Å². The summed E-state index contributed by atoms with van der Waals surface area (Å²) in [6, 6.07) is 9.00. The van der Waals surface area contributed by atoms with Crippen molar-refractivity contribution in [3.05, 3.63) is 40.4 Å². The van der Waals surface area contributed by atoms with Crippen molar-refractivity contribution in [2.75, 3.05) is 20.0 Å². The molecule has 0 bridgehead atoms. The summed E-state index contributed by atoms with van der Waals surface area (Å²) < 4.78 is 10.5. The van der Waals surface area contributed by atoms with E-state index < -0.39 is 0 Å². The number of benzene rings is 2. The van der Waals surface area contributed by atoms with E-state index in [4.69, 9.17) is 38.4 Å². The molecule has 0 fully saturated rings. The molecule has 0 heterocycles. The van der Waals surface area contributed by atoms with Gasteiger partial charge in [0.2, 0.25) is 0 Å². The van der Waals surface area contributed by atoms with E-state index in [9.17, 15) is 0 Å². The van der Waals surface area contributed by atoms with E-state index in [1.54, 1.807) is 32.4 Å². The Morgan fingerprint density at radius 1 is 0.950 bits per heavy atom. The van der Waals surface area contributed by atoms with Gasteiger partial charge in [-0.2, -0.15) is 0 Å². The molecule has 6 heteroatoms. The second kappa shape index (κ2) is 6.48. The Hall–Kier alpha value is -1.23. The fourth-order valence-corrected chi connectivity index (χ4v) is 2.90. The van der Waals surface area contributed by atoms with E-state index in [0.29, 0.717) is 27.2 Å². The summed E-state index contributed by atoms with van der Waals surface area (Å²) in [5.74, 6) is 1.23. The number of rotatable bonds is 4. The smallest absolute Gasteiger partial charge is 0.162 e. The summed E-state index contributed by atoms with van der Waals surface area (Å²) in [6.07, 6.45) is 0. The lowest BCUT2D eigenvalue weighted by Gasteiger charge is -2.12. The van der Waals surface area contributed by atoms with Crippen LogP contribution in [0.3, 0.4) is 0 Å². The Morgan fingerprint density at radius 2 is 1.60 bits per heavy atom. The van der Waals surface area contributed by atoms with Gasteiger partial charge in [-0.15, -0.1) is 0 Å². The van der Waals surface area contributed by atoms with Gasteiger partial charge in [0.25, 0.3) is 0 Å². The minimum absolute atomic E-state index is 0.510. The van der Waals surface area contributed by atoms with Crippen LogP contribution in [0.4, 0.5) is 5.69 Å². The molecule has 106 valence electrons. The molecule has 2 N–H and O–H groups in total. The highest BCUT2D eigenvalue weighted by molar-refractivity contribution is 7.99. The van der Waals surface area contributed by atoms with Gasteiger partial charge in [-0.1, -0.05) is 35.0 Å². The zero-order valence-corrected chi connectivity index (χ0v) is 13.3. The standard InChI is InChI=1S/C14H13Cl2NO2S/c1-18-12-6-11(17)14(7-13(12)19-2)20-8-3-4-9(15)10(16)5-8/h3-7H,17H2,1-2H3. The first-order valence-corrected chi connectivity index (χ1v) is 7.26. The third-order valence-corrected chi connectivity index (χ3v) is 4.44. The molecule has 0 amide bonds. The van der Waals surface area contributed by atoms with Crippen molar-refractivity contribution in [1.29, 1.82) is 0 Å². The average molecular weight is 330 g/mol. The number of anilines is 1. The molecule has 0 radical (unpaired) electrons. The van der Waals surface area contributed by atoms with E-state index in [-0.39, 0.29) is 0 Å². The maximum atomic E-state index is 6.02. The summed E-state index contributed by atoms with van der Waals surface area (Å²) in [5.41, 5.74) is 6.63. The normalized spacial score (nSPS) is 10.4. The summed E-state index contributed by atoms with van der Waals surface area (Å²) >= 11 is 13.4. The Bertz CT molecular complexity index is 635. The molecular formula is C14H13Cl2NO2S. The molecule has 0 atom stereocenters. The lowest BCUT2D eigenvalue weighted by atomic mass is 10.3. The summed E-state index contributed by atoms with van der Waals surface area (Å²) in [5, 5.41) is 1.03. The molecular weight excluding hydrogens is 317 g/mol. The topological polar surface area (TPSA) is 44.5 Å². The van der Waals surface area contributed by atoms with Gasteiger partial charge in [0.05, 0.1) is 24.3 Å². The number of nitrogens with two attached hydrogens (primary N) is 1. The van der Waals surface area contributed by atoms with Gasteiger partial charge in [-0.25, -0.2) is 0 Å². The van der Waals surface area contributed by atoms with Crippen molar-refractivity contribution in [1.82, 2.24) is 0 Å². The quantitative estimate of drug-likeness (QED) is 0.822. The van der Waals surface area contributed by atoms with Gasteiger partial charge in [-0.05, 0) is 24.3 Å². The van der Waals surface area contributed by atoms with E-state index >= 15 is 0 Å². The van der Waals surface area contributed by atoms with E-state index in [0.717, 1.165) is 9.79 Å². The predicted octanol–water partition coefficient (Wildman–Crippen LogP) is 4.74. The molecule has 2 aromatic carbocycles. The number of hydrogen-bond acceptors (Lipinski definition) is 4. The van der Waals surface area contributed by atoms with Crippen molar-refractivity contribution < 1.29 is 9.47 Å². The van der Waals surface area contributed by atoms with Crippen LogP contribution in [-0.4, -0.2) is 14.2 Å². The molecule has 0 unspecified atom stereocenters. The van der Waals surface area contributed by atoms with Crippen LogP contribution < -0.4 is 15.2 Å². The van der Waals surface area contributed by atoms with Crippen LogP contribution >= 0.6 is 35.0 Å². The van der Waals surface area contributed by atoms with Gasteiger partial charge in [0.1, 0.15) is 0 Å². The lowest BCUT2D eigenvalue weighted by Crippen LogP contribution is -1.95. The SMILES string of the molecule is COc1cc(N)c(Sc2ccc(Cl)c(Cl)c2)cc1OC. The molecule has 2 aromatic rings. The fraction of sp³-hybridized carbons (Fsp3) is 0.143. The van der Waals surface area contributed by atoms with Crippen LogP contribution in [0.15, 0.2) is 40.1 Å². The van der Waals surface area contributed by atoms with E-state index in [1.807, 2.05) is 12.1 Å². The minimum atomic E-state index is 0.510. The second-order valence-electron chi connectivity index (χ2n) is 3.92. The monoisotopic (exact) mass is 329 g/mol. The first kappa shape index (κ1) is 15.2. The van der Waals surface area contributed by atoms with Crippen LogP contribution in [0.1, 0.15) is 0 Å². The molecule has 3 nitrogen and oxygen atoms in total. The third kappa shape index (κ3) is 3.26. The summed E-state index contributed by atoms with van der Waals surface area (Å²) in [4.78, 5) is 1.80. The zero-order chi connectivity index (χ0) is 14.7. The van der Waals surface area contributed by atoms with Crippen molar-refractivity contribution in [3.63, 3.8) is 0 Å². The van der Waals surface area contributed by atoms with Crippen LogP contribution in [0, 0.1) is 0 Å². The molecule has 0 aliphatic carbocycles. The Morgan fingerprint density at radius 3 is 2.20 bits per heavy atom. The predicted molar refractivity (Wildman–Crippen MR) is 84.5 cm³/mol. The summed E-state index contributed by atoms with van der Waals surface area (Å²) in [7, 11) is 3.16. The maximum Gasteiger partial charge on any atom is 0.162 e. The Balaban J connectivity index is 2.35. The first-order chi connectivity index (χ1) is 9.55. The number of halogens is 2. The van der Waals surface area contributed by atoms with Crippen molar-refractivity contribution in [2.24, 2.45) is 0 Å². The van der Waals surface area contributed by atoms with Gasteiger partial charge >= 0.3 is 0 Å². The molecule has 0 saturated heterocycles. The zero-order valence-electron chi connectivity index (χ0n) is 10.9. The Kier molecular flexibility index (Phi) is 4.91. The Labute approximate surface area is 132 Å². The second-order valence-corrected chi connectivity index (χ2v) is 5.85. The number of hydrogen-bond donors (Lipinski definition) is 1. The number of methoxy groups -OCH3 is 2. The number of nitrogen functional groups attached to an aromatic ring is 1. The van der Waals surface area contributed by atoms with Crippen LogP contribution in [0.5, 0.6) is 11.5 Å². The van der Waals surface area contributed by atoms with Gasteiger partial charge in [0, 0.05) is 21.5 Å².